The minimum atomic E-state index is -0.0401. The van der Waals surface area contributed by atoms with E-state index in [9.17, 15) is 4.79 Å². The quantitative estimate of drug-likeness (QED) is 0.383. The number of nitrogens with zero attached hydrogens (tertiary/aromatic N) is 3. The Labute approximate surface area is 188 Å². The van der Waals surface area contributed by atoms with Crippen molar-refractivity contribution < 1.29 is 9.21 Å². The highest BCUT2D eigenvalue weighted by Crippen LogP contribution is 2.27. The van der Waals surface area contributed by atoms with Crippen LogP contribution in [0.15, 0.2) is 64.2 Å². The van der Waals surface area contributed by atoms with Gasteiger partial charge in [-0.1, -0.05) is 62.9 Å². The van der Waals surface area contributed by atoms with Gasteiger partial charge in [0, 0.05) is 31.4 Å². The molecule has 0 saturated heterocycles. The Balaban J connectivity index is 1.39. The number of thioether (sulfide) groups is 1. The van der Waals surface area contributed by atoms with Crippen molar-refractivity contribution in [1.82, 2.24) is 15.5 Å². The van der Waals surface area contributed by atoms with Gasteiger partial charge in [0.05, 0.1) is 5.75 Å². The van der Waals surface area contributed by atoms with Gasteiger partial charge in [0.15, 0.2) is 0 Å². The van der Waals surface area contributed by atoms with E-state index in [-0.39, 0.29) is 17.1 Å². The largest absolute Gasteiger partial charge is 0.411 e. The summed E-state index contributed by atoms with van der Waals surface area (Å²) in [7, 11) is 2.05. The Morgan fingerprint density at radius 1 is 1.06 bits per heavy atom. The van der Waals surface area contributed by atoms with Crippen molar-refractivity contribution in [2.24, 2.45) is 0 Å². The molecule has 3 rings (SSSR count). The molecule has 6 nitrogen and oxygen atoms in total. The number of carbonyl (C=O) groups is 1. The molecular formula is C24H30N4O2S. The summed E-state index contributed by atoms with van der Waals surface area (Å²) in [5.41, 5.74) is 3.39. The summed E-state index contributed by atoms with van der Waals surface area (Å²) in [5, 5.41) is 11.5. The summed E-state index contributed by atoms with van der Waals surface area (Å²) in [4.78, 5) is 14.3. The van der Waals surface area contributed by atoms with Crippen molar-refractivity contribution in [3.63, 3.8) is 0 Å². The zero-order valence-electron chi connectivity index (χ0n) is 18.6. The van der Waals surface area contributed by atoms with Crippen LogP contribution in [0.5, 0.6) is 0 Å². The third-order valence-electron chi connectivity index (χ3n) is 4.92. The third-order valence-corrected chi connectivity index (χ3v) is 5.74. The molecule has 0 radical (unpaired) electrons. The molecule has 2 aromatic carbocycles. The number of benzene rings is 2. The lowest BCUT2D eigenvalue weighted by Crippen LogP contribution is -2.29. The van der Waals surface area contributed by atoms with E-state index in [1.807, 2.05) is 30.3 Å². The first kappa shape index (κ1) is 22.9. The van der Waals surface area contributed by atoms with Crippen molar-refractivity contribution >= 4 is 23.4 Å². The summed E-state index contributed by atoms with van der Waals surface area (Å²) in [6.07, 6.45) is 0.872. The van der Waals surface area contributed by atoms with Gasteiger partial charge in [-0.3, -0.25) is 4.79 Å². The maximum Gasteiger partial charge on any atom is 0.277 e. The lowest BCUT2D eigenvalue weighted by molar-refractivity contribution is -0.118. The fourth-order valence-electron chi connectivity index (χ4n) is 3.03. The molecule has 1 heterocycles. The van der Waals surface area contributed by atoms with Crippen LogP contribution in [0.25, 0.3) is 11.5 Å². The number of hydrogen-bond acceptors (Lipinski definition) is 6. The molecule has 0 spiro atoms. The number of anilines is 1. The second-order valence-electron chi connectivity index (χ2n) is 8.45. The Morgan fingerprint density at radius 3 is 2.45 bits per heavy atom. The molecular weight excluding hydrogens is 408 g/mol. The summed E-state index contributed by atoms with van der Waals surface area (Å²) in [6.45, 7) is 8.03. The molecule has 0 unspecified atom stereocenters. The molecule has 31 heavy (non-hydrogen) atoms. The lowest BCUT2D eigenvalue weighted by Gasteiger charge is -2.19. The average molecular weight is 439 g/mol. The van der Waals surface area contributed by atoms with Gasteiger partial charge in [-0.05, 0) is 41.7 Å². The summed E-state index contributed by atoms with van der Waals surface area (Å²) in [6, 6.07) is 18.3. The number of amides is 1. The molecule has 3 aromatic rings. The van der Waals surface area contributed by atoms with E-state index in [1.165, 1.54) is 23.0 Å². The van der Waals surface area contributed by atoms with Gasteiger partial charge in [0.2, 0.25) is 11.8 Å². The van der Waals surface area contributed by atoms with Crippen molar-refractivity contribution in [3.05, 3.63) is 60.2 Å². The van der Waals surface area contributed by atoms with Gasteiger partial charge in [-0.15, -0.1) is 10.2 Å². The first-order chi connectivity index (χ1) is 14.8. The van der Waals surface area contributed by atoms with Crippen molar-refractivity contribution in [1.29, 1.82) is 0 Å². The van der Waals surface area contributed by atoms with E-state index in [0.717, 1.165) is 18.5 Å². The molecule has 0 aliphatic heterocycles. The van der Waals surface area contributed by atoms with Crippen LogP contribution in [-0.2, 0) is 10.2 Å². The third kappa shape index (κ3) is 6.85. The molecule has 0 aliphatic carbocycles. The molecule has 0 saturated carbocycles. The summed E-state index contributed by atoms with van der Waals surface area (Å²) >= 11 is 1.25. The Morgan fingerprint density at radius 2 is 1.77 bits per heavy atom. The smallest absolute Gasteiger partial charge is 0.277 e. The van der Waals surface area contributed by atoms with E-state index in [1.54, 1.807) is 0 Å². The first-order valence-electron chi connectivity index (χ1n) is 10.4. The highest BCUT2D eigenvalue weighted by Gasteiger charge is 2.15. The van der Waals surface area contributed by atoms with E-state index >= 15 is 0 Å². The van der Waals surface area contributed by atoms with Gasteiger partial charge in [-0.2, -0.15) is 0 Å². The molecule has 1 N–H and O–H groups in total. The fourth-order valence-corrected chi connectivity index (χ4v) is 3.62. The van der Waals surface area contributed by atoms with Crippen LogP contribution in [0.3, 0.4) is 0 Å². The Bertz CT molecular complexity index is 965. The predicted molar refractivity (Wildman–Crippen MR) is 126 cm³/mol. The molecule has 0 atom stereocenters. The van der Waals surface area contributed by atoms with Crippen LogP contribution < -0.4 is 10.2 Å². The molecule has 1 aromatic heterocycles. The first-order valence-corrected chi connectivity index (χ1v) is 11.4. The Hall–Kier alpha value is -2.80. The SMILES string of the molecule is CN(CCCNC(=O)CSc1nnc(-c2ccc(C(C)(C)C)cc2)o1)c1ccccc1. The second-order valence-corrected chi connectivity index (χ2v) is 9.38. The zero-order valence-corrected chi connectivity index (χ0v) is 19.4. The standard InChI is InChI=1S/C24H30N4O2S/c1-24(2,3)19-13-11-18(12-14-19)22-26-27-23(30-22)31-17-21(29)25-15-8-16-28(4)20-9-6-5-7-10-20/h5-7,9-14H,8,15-17H2,1-4H3,(H,25,29). The van der Waals surface area contributed by atoms with Gasteiger partial charge >= 0.3 is 0 Å². The van der Waals surface area contributed by atoms with Crippen LogP contribution >= 0.6 is 11.8 Å². The minimum Gasteiger partial charge on any atom is -0.411 e. The van der Waals surface area contributed by atoms with Crippen molar-refractivity contribution in [2.75, 3.05) is 30.8 Å². The maximum atomic E-state index is 12.1. The van der Waals surface area contributed by atoms with Crippen LogP contribution in [0.1, 0.15) is 32.8 Å². The monoisotopic (exact) mass is 438 g/mol. The topological polar surface area (TPSA) is 71.3 Å². The number of rotatable bonds is 9. The van der Waals surface area contributed by atoms with Crippen LogP contribution in [-0.4, -0.2) is 42.0 Å². The van der Waals surface area contributed by atoms with E-state index in [4.69, 9.17) is 4.42 Å². The highest BCUT2D eigenvalue weighted by atomic mass is 32.2. The number of carbonyl (C=O) groups excluding carboxylic acids is 1. The predicted octanol–water partition coefficient (Wildman–Crippen LogP) is 4.77. The highest BCUT2D eigenvalue weighted by molar-refractivity contribution is 7.99. The molecule has 0 bridgehead atoms. The molecule has 0 aliphatic rings. The lowest BCUT2D eigenvalue weighted by atomic mass is 9.87. The van der Waals surface area contributed by atoms with Crippen LogP contribution in [0.4, 0.5) is 5.69 Å². The van der Waals surface area contributed by atoms with E-state index in [0.29, 0.717) is 17.7 Å². The van der Waals surface area contributed by atoms with Gasteiger partial charge in [-0.25, -0.2) is 0 Å². The van der Waals surface area contributed by atoms with Crippen LogP contribution in [0.2, 0.25) is 0 Å². The second kappa shape index (κ2) is 10.5. The molecule has 164 valence electrons. The molecule has 0 fully saturated rings. The van der Waals surface area contributed by atoms with Crippen molar-refractivity contribution in [3.8, 4) is 11.5 Å². The normalized spacial score (nSPS) is 11.4. The van der Waals surface area contributed by atoms with Gasteiger partial charge < -0.3 is 14.6 Å². The number of nitrogens with one attached hydrogen (secondary N) is 1. The maximum absolute atomic E-state index is 12.1. The van der Waals surface area contributed by atoms with E-state index < -0.39 is 0 Å². The van der Waals surface area contributed by atoms with Gasteiger partial charge in [0.25, 0.3) is 5.22 Å². The Kier molecular flexibility index (Phi) is 7.74. The number of para-hydroxylation sites is 1. The number of aromatic nitrogens is 2. The fraction of sp³-hybridized carbons (Fsp3) is 0.375. The van der Waals surface area contributed by atoms with E-state index in [2.05, 4.69) is 72.5 Å². The molecule has 7 heteroatoms. The zero-order chi connectivity index (χ0) is 22.3. The number of hydrogen-bond donors (Lipinski definition) is 1. The average Bonchev–Trinajstić information content (AvgIpc) is 3.24. The summed E-state index contributed by atoms with van der Waals surface area (Å²) < 4.78 is 5.71. The van der Waals surface area contributed by atoms with Gasteiger partial charge in [0.1, 0.15) is 0 Å². The van der Waals surface area contributed by atoms with Crippen LogP contribution in [0, 0.1) is 0 Å². The molecule has 1 amide bonds. The van der Waals surface area contributed by atoms with Crippen molar-refractivity contribution in [2.45, 2.75) is 37.8 Å². The minimum absolute atomic E-state index is 0.0401. The summed E-state index contributed by atoms with van der Waals surface area (Å²) in [5.74, 6) is 0.674.